The molecule has 0 fully saturated rings. The van der Waals surface area contributed by atoms with Gasteiger partial charge in [-0.2, -0.15) is 0 Å². The lowest BCUT2D eigenvalue weighted by molar-refractivity contribution is 0.189. The fraction of sp³-hybridized carbons (Fsp3) is 0.467. The van der Waals surface area contributed by atoms with E-state index >= 15 is 0 Å². The molecular formula is C15H19NO. The molecule has 1 aromatic carbocycles. The average molecular weight is 229 g/mol. The third-order valence-corrected chi connectivity index (χ3v) is 3.35. The summed E-state index contributed by atoms with van der Waals surface area (Å²) in [6.07, 6.45) is 1.97. The molecule has 0 aliphatic carbocycles. The number of benzene rings is 1. The molecule has 90 valence electrons. The van der Waals surface area contributed by atoms with Gasteiger partial charge in [0.1, 0.15) is 5.75 Å². The molecule has 1 N–H and O–H groups in total. The fourth-order valence-electron chi connectivity index (χ4n) is 2.33. The van der Waals surface area contributed by atoms with Gasteiger partial charge in [0.05, 0.1) is 6.61 Å². The zero-order valence-electron chi connectivity index (χ0n) is 10.5. The van der Waals surface area contributed by atoms with Crippen molar-refractivity contribution < 1.29 is 4.74 Å². The Morgan fingerprint density at radius 3 is 3.06 bits per heavy atom. The van der Waals surface area contributed by atoms with E-state index in [0.717, 1.165) is 25.2 Å². The molecule has 17 heavy (non-hydrogen) atoms. The van der Waals surface area contributed by atoms with Gasteiger partial charge in [0, 0.05) is 18.4 Å². The summed E-state index contributed by atoms with van der Waals surface area (Å²) >= 11 is 0. The Bertz CT molecular complexity index is 430. The Morgan fingerprint density at radius 2 is 2.29 bits per heavy atom. The van der Waals surface area contributed by atoms with Crippen molar-refractivity contribution in [2.24, 2.45) is 5.92 Å². The first kappa shape index (κ1) is 12.0. The molecule has 0 amide bonds. The van der Waals surface area contributed by atoms with Gasteiger partial charge >= 0.3 is 0 Å². The SMILES string of the molecule is CC#CCC(NC)C1COc2ccccc2C1. The number of para-hydroxylation sites is 1. The van der Waals surface area contributed by atoms with Crippen LogP contribution in [0.15, 0.2) is 24.3 Å². The minimum absolute atomic E-state index is 0.413. The highest BCUT2D eigenvalue weighted by atomic mass is 16.5. The van der Waals surface area contributed by atoms with E-state index in [1.807, 2.05) is 26.1 Å². The standard InChI is InChI=1S/C15H19NO/c1-3-4-8-14(16-2)13-10-12-7-5-6-9-15(12)17-11-13/h5-7,9,13-14,16H,8,10-11H2,1-2H3. The molecule has 0 saturated heterocycles. The minimum Gasteiger partial charge on any atom is -0.493 e. The van der Waals surface area contributed by atoms with Crippen LogP contribution in [0.5, 0.6) is 5.75 Å². The van der Waals surface area contributed by atoms with E-state index in [4.69, 9.17) is 4.74 Å². The van der Waals surface area contributed by atoms with Gasteiger partial charge in [0.15, 0.2) is 0 Å². The van der Waals surface area contributed by atoms with E-state index < -0.39 is 0 Å². The van der Waals surface area contributed by atoms with Crippen LogP contribution in [0.4, 0.5) is 0 Å². The maximum absolute atomic E-state index is 5.81. The summed E-state index contributed by atoms with van der Waals surface area (Å²) in [7, 11) is 2.00. The molecule has 2 heteroatoms. The Labute approximate surface area is 103 Å². The molecule has 1 aliphatic heterocycles. The molecule has 1 aliphatic rings. The molecule has 0 radical (unpaired) electrons. The van der Waals surface area contributed by atoms with E-state index in [1.54, 1.807) is 0 Å². The molecule has 0 saturated carbocycles. The normalized spacial score (nSPS) is 19.5. The monoisotopic (exact) mass is 229 g/mol. The average Bonchev–Trinajstić information content (AvgIpc) is 2.39. The second-order valence-electron chi connectivity index (χ2n) is 4.41. The number of ether oxygens (including phenoxy) is 1. The molecule has 0 bridgehead atoms. The van der Waals surface area contributed by atoms with Crippen LogP contribution in [-0.4, -0.2) is 19.7 Å². The number of hydrogen-bond acceptors (Lipinski definition) is 2. The molecule has 1 aromatic rings. The number of nitrogens with one attached hydrogen (secondary N) is 1. The highest BCUT2D eigenvalue weighted by molar-refractivity contribution is 5.35. The van der Waals surface area contributed by atoms with Gasteiger partial charge in [0.25, 0.3) is 0 Å². The predicted octanol–water partition coefficient (Wildman–Crippen LogP) is 2.24. The van der Waals surface area contributed by atoms with E-state index in [9.17, 15) is 0 Å². The van der Waals surface area contributed by atoms with Crippen molar-refractivity contribution in [1.82, 2.24) is 5.32 Å². The number of fused-ring (bicyclic) bond motifs is 1. The Kier molecular flexibility index (Phi) is 4.06. The minimum atomic E-state index is 0.413. The van der Waals surface area contributed by atoms with Gasteiger partial charge in [-0.1, -0.05) is 18.2 Å². The maximum Gasteiger partial charge on any atom is 0.122 e. The van der Waals surface area contributed by atoms with Crippen LogP contribution >= 0.6 is 0 Å². The van der Waals surface area contributed by atoms with Crippen molar-refractivity contribution in [3.8, 4) is 17.6 Å². The van der Waals surface area contributed by atoms with Crippen LogP contribution < -0.4 is 10.1 Å². The van der Waals surface area contributed by atoms with E-state index in [-0.39, 0.29) is 0 Å². The maximum atomic E-state index is 5.81. The van der Waals surface area contributed by atoms with Crippen LogP contribution in [0, 0.1) is 17.8 Å². The van der Waals surface area contributed by atoms with Gasteiger partial charge in [-0.05, 0) is 32.0 Å². The molecule has 2 nitrogen and oxygen atoms in total. The summed E-state index contributed by atoms with van der Waals surface area (Å²) in [5.74, 6) is 7.66. The first-order valence-corrected chi connectivity index (χ1v) is 6.12. The lowest BCUT2D eigenvalue weighted by Gasteiger charge is -2.30. The van der Waals surface area contributed by atoms with Crippen LogP contribution in [-0.2, 0) is 6.42 Å². The van der Waals surface area contributed by atoms with E-state index in [1.165, 1.54) is 5.56 Å². The molecule has 2 unspecified atom stereocenters. The highest BCUT2D eigenvalue weighted by Gasteiger charge is 2.25. The summed E-state index contributed by atoms with van der Waals surface area (Å²) < 4.78 is 5.81. The van der Waals surface area contributed by atoms with Gasteiger partial charge in [-0.3, -0.25) is 0 Å². The van der Waals surface area contributed by atoms with Gasteiger partial charge in [-0.15, -0.1) is 11.8 Å². The van der Waals surface area contributed by atoms with Gasteiger partial charge in [-0.25, -0.2) is 0 Å². The third kappa shape index (κ3) is 2.81. The summed E-state index contributed by atoms with van der Waals surface area (Å²) in [6, 6.07) is 8.71. The Balaban J connectivity index is 2.07. The lowest BCUT2D eigenvalue weighted by Crippen LogP contribution is -2.39. The number of hydrogen-bond donors (Lipinski definition) is 1. The quantitative estimate of drug-likeness (QED) is 0.803. The van der Waals surface area contributed by atoms with Crippen molar-refractivity contribution in [2.45, 2.75) is 25.8 Å². The highest BCUT2D eigenvalue weighted by Crippen LogP contribution is 2.28. The zero-order valence-corrected chi connectivity index (χ0v) is 10.5. The predicted molar refractivity (Wildman–Crippen MR) is 70.0 cm³/mol. The second-order valence-corrected chi connectivity index (χ2v) is 4.41. The van der Waals surface area contributed by atoms with Crippen molar-refractivity contribution in [2.75, 3.05) is 13.7 Å². The van der Waals surface area contributed by atoms with Crippen molar-refractivity contribution >= 4 is 0 Å². The first-order valence-electron chi connectivity index (χ1n) is 6.12. The summed E-state index contributed by atoms with van der Waals surface area (Å²) in [4.78, 5) is 0. The van der Waals surface area contributed by atoms with Crippen LogP contribution in [0.3, 0.4) is 0 Å². The number of rotatable bonds is 3. The summed E-state index contributed by atoms with van der Waals surface area (Å²) in [6.45, 7) is 2.67. The van der Waals surface area contributed by atoms with Crippen molar-refractivity contribution in [1.29, 1.82) is 0 Å². The summed E-state index contributed by atoms with van der Waals surface area (Å²) in [5, 5.41) is 3.35. The zero-order chi connectivity index (χ0) is 12.1. The second kappa shape index (κ2) is 5.75. The van der Waals surface area contributed by atoms with Gasteiger partial charge in [0.2, 0.25) is 0 Å². The Morgan fingerprint density at radius 1 is 1.47 bits per heavy atom. The Hall–Kier alpha value is -1.46. The first-order chi connectivity index (χ1) is 8.35. The molecule has 1 heterocycles. The molecule has 0 aromatic heterocycles. The summed E-state index contributed by atoms with van der Waals surface area (Å²) in [5.41, 5.74) is 1.31. The molecule has 2 atom stereocenters. The molecule has 2 rings (SSSR count). The van der Waals surface area contributed by atoms with Crippen molar-refractivity contribution in [3.05, 3.63) is 29.8 Å². The third-order valence-electron chi connectivity index (χ3n) is 3.35. The van der Waals surface area contributed by atoms with Gasteiger partial charge < -0.3 is 10.1 Å². The molecular weight excluding hydrogens is 210 g/mol. The van der Waals surface area contributed by atoms with E-state index in [0.29, 0.717) is 12.0 Å². The van der Waals surface area contributed by atoms with E-state index in [2.05, 4.69) is 29.3 Å². The van der Waals surface area contributed by atoms with Crippen LogP contribution in [0.2, 0.25) is 0 Å². The van der Waals surface area contributed by atoms with Crippen molar-refractivity contribution in [3.63, 3.8) is 0 Å². The molecule has 0 spiro atoms. The largest absolute Gasteiger partial charge is 0.493 e. The lowest BCUT2D eigenvalue weighted by atomic mass is 9.89. The smallest absolute Gasteiger partial charge is 0.122 e. The fourth-order valence-corrected chi connectivity index (χ4v) is 2.33. The van der Waals surface area contributed by atoms with Crippen LogP contribution in [0.25, 0.3) is 0 Å². The van der Waals surface area contributed by atoms with Crippen LogP contribution in [0.1, 0.15) is 18.9 Å². The topological polar surface area (TPSA) is 21.3 Å².